The van der Waals surface area contributed by atoms with Crippen molar-refractivity contribution in [1.29, 1.82) is 0 Å². The van der Waals surface area contributed by atoms with Gasteiger partial charge in [-0.3, -0.25) is 9.10 Å². The number of hydrogen-bond acceptors (Lipinski definition) is 4. The Hall–Kier alpha value is -3.24. The molecule has 35 heavy (non-hydrogen) atoms. The Bertz CT molecular complexity index is 1340. The van der Waals surface area contributed by atoms with Crippen LogP contribution >= 0.6 is 11.6 Å². The molecule has 0 bridgehead atoms. The van der Waals surface area contributed by atoms with E-state index in [1.807, 2.05) is 0 Å². The van der Waals surface area contributed by atoms with Gasteiger partial charge < -0.3 is 10.1 Å². The van der Waals surface area contributed by atoms with Crippen molar-refractivity contribution in [1.82, 2.24) is 0 Å². The zero-order valence-corrected chi connectivity index (χ0v) is 20.6. The molecule has 3 aromatic rings. The highest BCUT2D eigenvalue weighted by molar-refractivity contribution is 7.92. The van der Waals surface area contributed by atoms with Crippen molar-refractivity contribution in [2.24, 2.45) is 0 Å². The first-order valence-electron chi connectivity index (χ1n) is 10.2. The number of nitrogens with zero attached hydrogens (tertiary/aromatic N) is 1. The van der Waals surface area contributed by atoms with Crippen molar-refractivity contribution in [3.05, 3.63) is 82.4 Å². The first-order valence-corrected chi connectivity index (χ1v) is 12.1. The number of rotatable bonds is 7. The molecule has 0 radical (unpaired) electrons. The summed E-state index contributed by atoms with van der Waals surface area (Å²) < 4.78 is 73.6. The molecule has 0 unspecified atom stereocenters. The monoisotopic (exact) mass is 526 g/mol. The smallest absolute Gasteiger partial charge is 0.418 e. The summed E-state index contributed by atoms with van der Waals surface area (Å²) in [6.07, 6.45) is -4.79. The first-order chi connectivity index (χ1) is 16.3. The fourth-order valence-corrected chi connectivity index (χ4v) is 4.91. The topological polar surface area (TPSA) is 75.7 Å². The third-order valence-electron chi connectivity index (χ3n) is 5.06. The second kappa shape index (κ2) is 10.2. The van der Waals surface area contributed by atoms with Crippen LogP contribution in [0.1, 0.15) is 16.7 Å². The normalized spacial score (nSPS) is 11.7. The summed E-state index contributed by atoms with van der Waals surface area (Å²) in [4.78, 5) is 12.8. The molecule has 0 heterocycles. The number of sulfonamides is 1. The summed E-state index contributed by atoms with van der Waals surface area (Å²) in [6, 6.07) is 13.6. The second-order valence-electron chi connectivity index (χ2n) is 7.74. The molecule has 0 aromatic heterocycles. The third kappa shape index (κ3) is 6.07. The zero-order chi connectivity index (χ0) is 26.0. The number of amides is 1. The quantitative estimate of drug-likeness (QED) is 0.421. The standard InChI is InChI=1S/C24H22ClF3N2O4S/c1-15-4-8-18(9-5-15)35(32,33)30(21-12-16(2)6-11-22(21)34-3)14-23(31)29-20-10-7-17(25)13-19(20)24(26,27)28/h4-13H,14H2,1-3H3,(H,29,31). The lowest BCUT2D eigenvalue weighted by molar-refractivity contribution is -0.137. The van der Waals surface area contributed by atoms with E-state index in [1.54, 1.807) is 38.1 Å². The molecular formula is C24H22ClF3N2O4S. The summed E-state index contributed by atoms with van der Waals surface area (Å²) in [5.41, 5.74) is -0.128. The van der Waals surface area contributed by atoms with Crippen molar-refractivity contribution in [2.75, 3.05) is 23.3 Å². The molecule has 186 valence electrons. The van der Waals surface area contributed by atoms with E-state index < -0.39 is 39.9 Å². The van der Waals surface area contributed by atoms with E-state index >= 15 is 0 Å². The second-order valence-corrected chi connectivity index (χ2v) is 10.0. The third-order valence-corrected chi connectivity index (χ3v) is 7.07. The summed E-state index contributed by atoms with van der Waals surface area (Å²) in [7, 11) is -2.96. The van der Waals surface area contributed by atoms with Crippen LogP contribution in [0.2, 0.25) is 5.02 Å². The maximum absolute atomic E-state index is 13.6. The Morgan fingerprint density at radius 3 is 2.23 bits per heavy atom. The van der Waals surface area contributed by atoms with Gasteiger partial charge in [-0.15, -0.1) is 0 Å². The molecule has 0 saturated carbocycles. The number of methoxy groups -OCH3 is 1. The number of halogens is 4. The molecule has 0 fully saturated rings. The minimum Gasteiger partial charge on any atom is -0.495 e. The Balaban J connectivity index is 2.06. The minimum absolute atomic E-state index is 0.0652. The predicted octanol–water partition coefficient (Wildman–Crippen LogP) is 5.82. The van der Waals surface area contributed by atoms with Gasteiger partial charge in [0.05, 0.1) is 28.9 Å². The molecule has 1 amide bonds. The lowest BCUT2D eigenvalue weighted by atomic mass is 10.1. The van der Waals surface area contributed by atoms with Gasteiger partial charge in [-0.2, -0.15) is 13.2 Å². The van der Waals surface area contributed by atoms with Crippen LogP contribution in [-0.2, 0) is 21.0 Å². The van der Waals surface area contributed by atoms with Crippen LogP contribution < -0.4 is 14.4 Å². The van der Waals surface area contributed by atoms with E-state index in [-0.39, 0.29) is 21.4 Å². The molecule has 1 N–H and O–H groups in total. The first kappa shape index (κ1) is 26.4. The number of carbonyl (C=O) groups excluding carboxylic acids is 1. The zero-order valence-electron chi connectivity index (χ0n) is 19.0. The van der Waals surface area contributed by atoms with Crippen molar-refractivity contribution < 1.29 is 31.1 Å². The van der Waals surface area contributed by atoms with Gasteiger partial charge in [0.2, 0.25) is 5.91 Å². The SMILES string of the molecule is COc1ccc(C)cc1N(CC(=O)Nc1ccc(Cl)cc1C(F)(F)F)S(=O)(=O)c1ccc(C)cc1. The number of nitrogens with one attached hydrogen (secondary N) is 1. The molecule has 0 saturated heterocycles. The molecule has 0 spiro atoms. The summed E-state index contributed by atoms with van der Waals surface area (Å²) in [6.45, 7) is 2.70. The number of aryl methyl sites for hydroxylation is 2. The summed E-state index contributed by atoms with van der Waals surface area (Å²) >= 11 is 5.70. The van der Waals surface area contributed by atoms with Crippen molar-refractivity contribution >= 4 is 38.9 Å². The average Bonchev–Trinajstić information content (AvgIpc) is 2.78. The van der Waals surface area contributed by atoms with E-state index in [1.165, 1.54) is 31.4 Å². The predicted molar refractivity (Wildman–Crippen MR) is 129 cm³/mol. The van der Waals surface area contributed by atoms with E-state index in [0.717, 1.165) is 15.9 Å². The number of anilines is 2. The molecule has 11 heteroatoms. The Morgan fingerprint density at radius 1 is 1.00 bits per heavy atom. The Morgan fingerprint density at radius 2 is 1.63 bits per heavy atom. The molecule has 6 nitrogen and oxygen atoms in total. The maximum atomic E-state index is 13.6. The van der Waals surface area contributed by atoms with Gasteiger partial charge in [0.1, 0.15) is 12.3 Å². The van der Waals surface area contributed by atoms with Crippen LogP contribution in [0.15, 0.2) is 65.6 Å². The number of hydrogen-bond donors (Lipinski definition) is 1. The van der Waals surface area contributed by atoms with Gasteiger partial charge >= 0.3 is 6.18 Å². The fourth-order valence-electron chi connectivity index (χ4n) is 3.31. The van der Waals surface area contributed by atoms with Gasteiger partial charge in [-0.1, -0.05) is 35.4 Å². The summed E-state index contributed by atoms with van der Waals surface area (Å²) in [5.74, 6) is -0.821. The average molecular weight is 527 g/mol. The molecular weight excluding hydrogens is 505 g/mol. The Kier molecular flexibility index (Phi) is 7.66. The highest BCUT2D eigenvalue weighted by Crippen LogP contribution is 2.37. The van der Waals surface area contributed by atoms with E-state index in [9.17, 15) is 26.4 Å². The number of ether oxygens (including phenoxy) is 1. The van der Waals surface area contributed by atoms with Crippen LogP contribution in [-0.4, -0.2) is 28.0 Å². The number of alkyl halides is 3. The van der Waals surface area contributed by atoms with Gasteiger partial charge in [0.25, 0.3) is 10.0 Å². The van der Waals surface area contributed by atoms with E-state index in [4.69, 9.17) is 16.3 Å². The molecule has 0 aliphatic rings. The van der Waals surface area contributed by atoms with Crippen LogP contribution in [0, 0.1) is 13.8 Å². The van der Waals surface area contributed by atoms with Crippen molar-refractivity contribution in [3.63, 3.8) is 0 Å². The van der Waals surface area contributed by atoms with Crippen LogP contribution in [0.25, 0.3) is 0 Å². The van der Waals surface area contributed by atoms with E-state index in [2.05, 4.69) is 5.32 Å². The minimum atomic E-state index is -4.79. The van der Waals surface area contributed by atoms with Gasteiger partial charge in [-0.25, -0.2) is 8.42 Å². The van der Waals surface area contributed by atoms with Gasteiger partial charge in [0.15, 0.2) is 0 Å². The van der Waals surface area contributed by atoms with E-state index in [0.29, 0.717) is 11.6 Å². The molecule has 3 aromatic carbocycles. The largest absolute Gasteiger partial charge is 0.495 e. The molecule has 0 aliphatic heterocycles. The highest BCUT2D eigenvalue weighted by atomic mass is 35.5. The fraction of sp³-hybridized carbons (Fsp3) is 0.208. The highest BCUT2D eigenvalue weighted by Gasteiger charge is 2.35. The molecule has 0 atom stereocenters. The lowest BCUT2D eigenvalue weighted by Gasteiger charge is -2.26. The maximum Gasteiger partial charge on any atom is 0.418 e. The van der Waals surface area contributed by atoms with Crippen molar-refractivity contribution in [3.8, 4) is 5.75 Å². The van der Waals surface area contributed by atoms with Crippen molar-refractivity contribution in [2.45, 2.75) is 24.9 Å². The van der Waals surface area contributed by atoms with Crippen LogP contribution in [0.4, 0.5) is 24.5 Å². The molecule has 3 rings (SSSR count). The van der Waals surface area contributed by atoms with Crippen LogP contribution in [0.5, 0.6) is 5.75 Å². The van der Waals surface area contributed by atoms with Crippen LogP contribution in [0.3, 0.4) is 0 Å². The van der Waals surface area contributed by atoms with Gasteiger partial charge in [-0.05, 0) is 61.9 Å². The molecule has 0 aliphatic carbocycles. The number of benzene rings is 3. The Labute approximate surface area is 206 Å². The van der Waals surface area contributed by atoms with Gasteiger partial charge in [0, 0.05) is 5.02 Å². The number of carbonyl (C=O) groups is 1. The summed E-state index contributed by atoms with van der Waals surface area (Å²) in [5, 5.41) is 2.00. The lowest BCUT2D eigenvalue weighted by Crippen LogP contribution is -2.38.